The zero-order valence-corrected chi connectivity index (χ0v) is 43.0. The lowest BCUT2D eigenvalue weighted by Gasteiger charge is -2.35. The Labute approximate surface area is 446 Å². The van der Waals surface area contributed by atoms with Gasteiger partial charge in [-0.05, 0) is 68.6 Å². The summed E-state index contributed by atoms with van der Waals surface area (Å²) in [5, 5.41) is 0. The van der Waals surface area contributed by atoms with Crippen LogP contribution in [0.1, 0.15) is 69.3 Å². The molecular weight excluding hydrogens is 962 g/mol. The van der Waals surface area contributed by atoms with Gasteiger partial charge in [-0.3, -0.25) is 28.9 Å². The lowest BCUT2D eigenvalue weighted by Crippen LogP contribution is -2.41. The third-order valence-electron chi connectivity index (χ3n) is 13.5. The number of benzene rings is 9. The highest BCUT2D eigenvalue weighted by Crippen LogP contribution is 2.43. The van der Waals surface area contributed by atoms with Crippen molar-refractivity contribution in [1.29, 1.82) is 0 Å². The Balaban J connectivity index is 0.949. The molecule has 3 N–H and O–H groups in total. The van der Waals surface area contributed by atoms with Crippen LogP contribution in [0, 0.1) is 0 Å². The van der Waals surface area contributed by atoms with Crippen LogP contribution in [0.15, 0.2) is 273 Å². The second-order valence-corrected chi connectivity index (χ2v) is 21.0. The average Bonchev–Trinajstić information content (AvgIpc) is 3.50. The van der Waals surface area contributed by atoms with Gasteiger partial charge in [0.2, 0.25) is 17.7 Å². The minimum Gasteiger partial charge on any atom is -0.273 e. The van der Waals surface area contributed by atoms with Gasteiger partial charge in [-0.15, -0.1) is 7.92 Å². The van der Waals surface area contributed by atoms with E-state index in [9.17, 15) is 14.4 Å². The molecule has 9 aromatic rings. The maximum atomic E-state index is 14.2. The molecule has 0 spiro atoms. The molecule has 0 unspecified atom stereocenters. The minimum atomic E-state index is -1.18. The summed E-state index contributed by atoms with van der Waals surface area (Å²) in [4.78, 5) is 62.5. The molecule has 0 aliphatic carbocycles. The van der Waals surface area contributed by atoms with E-state index in [0.717, 1.165) is 50.1 Å². The van der Waals surface area contributed by atoms with Crippen LogP contribution in [0.4, 0.5) is 0 Å². The van der Waals surface area contributed by atoms with Crippen LogP contribution in [0.5, 0.6) is 0 Å². The van der Waals surface area contributed by atoms with Crippen molar-refractivity contribution in [2.45, 2.75) is 36.1 Å². The Kier molecular flexibility index (Phi) is 17.8. The molecule has 0 heterocycles. The molecule has 0 saturated heterocycles. The highest BCUT2D eigenvalue weighted by molar-refractivity contribution is 7.57. The molecule has 0 radical (unpaired) electrons. The molecular formula is C66H60N3O6P. The molecule has 9 aromatic carbocycles. The number of hydroxylamine groups is 3. The number of rotatable bonds is 24. The molecule has 0 aromatic heterocycles. The van der Waals surface area contributed by atoms with Crippen molar-refractivity contribution in [3.63, 3.8) is 0 Å². The van der Waals surface area contributed by atoms with E-state index in [1.807, 2.05) is 273 Å². The fourth-order valence-corrected chi connectivity index (χ4v) is 12.0. The Hall–Kier alpha value is -8.30. The first-order chi connectivity index (χ1) is 37.4. The summed E-state index contributed by atoms with van der Waals surface area (Å²) in [6.45, 7) is 0. The molecule has 9 nitrogen and oxygen atoms in total. The van der Waals surface area contributed by atoms with Crippen molar-refractivity contribution in [2.75, 3.05) is 18.5 Å². The van der Waals surface area contributed by atoms with Gasteiger partial charge in [0.05, 0.1) is 0 Å². The third-order valence-corrected chi connectivity index (χ3v) is 16.1. The van der Waals surface area contributed by atoms with Crippen molar-refractivity contribution in [3.8, 4) is 0 Å². The van der Waals surface area contributed by atoms with Crippen LogP contribution in [0.25, 0.3) is 0 Å². The second-order valence-electron chi connectivity index (χ2n) is 18.3. The van der Waals surface area contributed by atoms with Crippen LogP contribution in [0.3, 0.4) is 0 Å². The van der Waals surface area contributed by atoms with Crippen LogP contribution in [-0.4, -0.2) is 36.2 Å². The third kappa shape index (κ3) is 12.1. The van der Waals surface area contributed by atoms with Gasteiger partial charge in [0.15, 0.2) is 16.8 Å². The summed E-state index contributed by atoms with van der Waals surface area (Å²) in [6.07, 6.45) is 1.46. The topological polar surface area (TPSA) is 115 Å². The van der Waals surface area contributed by atoms with Crippen molar-refractivity contribution >= 4 is 25.6 Å². The van der Waals surface area contributed by atoms with E-state index in [1.54, 1.807) is 0 Å². The maximum absolute atomic E-state index is 14.2. The van der Waals surface area contributed by atoms with Crippen LogP contribution >= 0.6 is 7.92 Å². The molecule has 0 atom stereocenters. The van der Waals surface area contributed by atoms with Crippen molar-refractivity contribution < 1.29 is 28.9 Å². The predicted octanol–water partition coefficient (Wildman–Crippen LogP) is 12.8. The lowest BCUT2D eigenvalue weighted by molar-refractivity contribution is -0.143. The Morgan fingerprint density at radius 1 is 0.263 bits per heavy atom. The number of carbonyl (C=O) groups excluding carboxylic acids is 3. The average molecular weight is 1020 g/mol. The van der Waals surface area contributed by atoms with Crippen molar-refractivity contribution in [1.82, 2.24) is 16.4 Å². The molecule has 0 fully saturated rings. The smallest absolute Gasteiger partial charge is 0.243 e. The van der Waals surface area contributed by atoms with E-state index in [-0.39, 0.29) is 37.0 Å². The SMILES string of the molecule is O=C(CCP(CCC(=O)NOC(c1ccccc1)(c1ccccc1)c1ccccc1)CCC(=O)NOC(c1ccccc1)(c1ccccc1)c1ccccc1)NOC(c1ccccc1)(c1ccccc1)c1ccccc1. The van der Waals surface area contributed by atoms with Crippen LogP contribution in [0.2, 0.25) is 0 Å². The molecule has 380 valence electrons. The maximum Gasteiger partial charge on any atom is 0.243 e. The molecule has 76 heavy (non-hydrogen) atoms. The standard InChI is InChI=1S/C66H60N3O6P/c70-61(67-73-64(52-28-10-1-11-29-52,53-30-12-2-13-31-53)54-32-14-3-15-33-54)46-49-76(50-47-62(71)68-74-65(55-34-16-4-17-35-55,56-36-18-5-19-37-56)57-38-20-6-21-39-57)51-48-63(72)69-75-66(58-40-22-7-23-41-58,59-42-24-8-25-43-59)60-44-26-9-27-45-60/h1-45H,46-51H2,(H,67,70)(H,68,71)(H,69,72). The molecule has 0 aliphatic heterocycles. The summed E-state index contributed by atoms with van der Waals surface area (Å²) in [6, 6.07) is 88.4. The first kappa shape index (κ1) is 52.6. The van der Waals surface area contributed by atoms with Gasteiger partial charge in [-0.2, -0.15) is 0 Å². The summed E-state index contributed by atoms with van der Waals surface area (Å²) in [5.74, 6) is -1.01. The molecule has 10 heteroatoms. The minimum absolute atomic E-state index is 0.0780. The first-order valence-electron chi connectivity index (χ1n) is 25.5. The molecule has 3 amide bonds. The number of hydrogen-bond acceptors (Lipinski definition) is 6. The molecule has 0 bridgehead atoms. The van der Waals surface area contributed by atoms with Gasteiger partial charge in [-0.1, -0.05) is 273 Å². The van der Waals surface area contributed by atoms with Gasteiger partial charge in [0.1, 0.15) is 0 Å². The monoisotopic (exact) mass is 1020 g/mol. The van der Waals surface area contributed by atoms with E-state index in [0.29, 0.717) is 18.5 Å². The molecule has 0 aliphatic rings. The van der Waals surface area contributed by atoms with E-state index in [2.05, 4.69) is 16.4 Å². The van der Waals surface area contributed by atoms with E-state index >= 15 is 0 Å². The van der Waals surface area contributed by atoms with Crippen molar-refractivity contribution in [3.05, 3.63) is 323 Å². The Morgan fingerprint density at radius 3 is 0.553 bits per heavy atom. The number of nitrogens with one attached hydrogen (secondary N) is 3. The van der Waals surface area contributed by atoms with Gasteiger partial charge < -0.3 is 0 Å². The highest BCUT2D eigenvalue weighted by atomic mass is 31.1. The fraction of sp³-hybridized carbons (Fsp3) is 0.136. The first-order valence-corrected chi connectivity index (χ1v) is 27.4. The number of carbonyl (C=O) groups is 3. The normalized spacial score (nSPS) is 11.6. The zero-order chi connectivity index (χ0) is 52.3. The quantitative estimate of drug-likeness (QED) is 0.0316. The number of hydrogen-bond donors (Lipinski definition) is 3. The summed E-state index contributed by atoms with van der Waals surface area (Å²) in [7, 11) is -1.12. The number of amides is 3. The zero-order valence-electron chi connectivity index (χ0n) is 42.1. The van der Waals surface area contributed by atoms with Gasteiger partial charge in [-0.25, -0.2) is 16.4 Å². The van der Waals surface area contributed by atoms with Gasteiger partial charge in [0.25, 0.3) is 0 Å². The van der Waals surface area contributed by atoms with E-state index in [1.165, 1.54) is 0 Å². The van der Waals surface area contributed by atoms with E-state index < -0.39 is 24.7 Å². The summed E-state index contributed by atoms with van der Waals surface area (Å²) < 4.78 is 0. The second kappa shape index (κ2) is 25.8. The van der Waals surface area contributed by atoms with Gasteiger partial charge in [0, 0.05) is 19.3 Å². The highest BCUT2D eigenvalue weighted by Gasteiger charge is 2.42. The largest absolute Gasteiger partial charge is 0.273 e. The van der Waals surface area contributed by atoms with Crippen molar-refractivity contribution in [2.24, 2.45) is 0 Å². The summed E-state index contributed by atoms with van der Waals surface area (Å²) in [5.41, 5.74) is 12.5. The van der Waals surface area contributed by atoms with Gasteiger partial charge >= 0.3 is 0 Å². The lowest BCUT2D eigenvalue weighted by atomic mass is 9.80. The fourth-order valence-electron chi connectivity index (χ4n) is 9.75. The van der Waals surface area contributed by atoms with E-state index in [4.69, 9.17) is 14.5 Å². The Bertz CT molecular complexity index is 2560. The predicted molar refractivity (Wildman–Crippen MR) is 301 cm³/mol. The summed E-state index contributed by atoms with van der Waals surface area (Å²) >= 11 is 0. The van der Waals surface area contributed by atoms with Crippen LogP contribution < -0.4 is 16.4 Å². The molecule has 0 saturated carbocycles. The molecule has 9 rings (SSSR count). The van der Waals surface area contributed by atoms with Crippen LogP contribution in [-0.2, 0) is 45.7 Å². The Morgan fingerprint density at radius 2 is 0.408 bits per heavy atom.